The van der Waals surface area contributed by atoms with Gasteiger partial charge >= 0.3 is 5.97 Å². The molecule has 0 saturated heterocycles. The summed E-state index contributed by atoms with van der Waals surface area (Å²) in [5.41, 5.74) is 1.54. The second kappa shape index (κ2) is 7.51. The summed E-state index contributed by atoms with van der Waals surface area (Å²) >= 11 is 0. The van der Waals surface area contributed by atoms with Gasteiger partial charge in [0.05, 0.1) is 12.6 Å². The minimum absolute atomic E-state index is 0.112. The van der Waals surface area contributed by atoms with Gasteiger partial charge in [0.25, 0.3) is 0 Å². The summed E-state index contributed by atoms with van der Waals surface area (Å²) in [7, 11) is 2.70. The Labute approximate surface area is 128 Å². The van der Waals surface area contributed by atoms with Gasteiger partial charge in [-0.3, -0.25) is 9.78 Å². The zero-order valence-corrected chi connectivity index (χ0v) is 12.5. The van der Waals surface area contributed by atoms with E-state index in [0.29, 0.717) is 5.69 Å². The Kier molecular flexibility index (Phi) is 5.43. The van der Waals surface area contributed by atoms with Crippen molar-refractivity contribution in [2.24, 2.45) is 0 Å². The van der Waals surface area contributed by atoms with Crippen molar-refractivity contribution in [1.29, 1.82) is 0 Å². The minimum Gasteiger partial charge on any atom is -0.467 e. The van der Waals surface area contributed by atoms with Crippen LogP contribution in [0.1, 0.15) is 5.69 Å². The third-order valence-corrected chi connectivity index (χ3v) is 3.17. The van der Waals surface area contributed by atoms with Gasteiger partial charge in [-0.05, 0) is 12.1 Å². The Morgan fingerprint density at radius 1 is 1.18 bits per heavy atom. The van der Waals surface area contributed by atoms with E-state index >= 15 is 0 Å². The van der Waals surface area contributed by atoms with Crippen LogP contribution >= 0.6 is 0 Å². The van der Waals surface area contributed by atoms with Crippen molar-refractivity contribution < 1.29 is 19.1 Å². The number of rotatable bonds is 6. The number of hydrogen-bond acceptors (Lipinski definition) is 5. The third kappa shape index (κ3) is 4.02. The molecule has 6 heteroatoms. The first-order valence-corrected chi connectivity index (χ1v) is 6.85. The number of aromatic nitrogens is 1. The second-order valence-corrected chi connectivity index (χ2v) is 4.78. The Bertz CT molecular complexity index is 672. The average molecular weight is 302 g/mol. The number of methoxy groups -OCH3 is 2. The fourth-order valence-corrected chi connectivity index (χ4v) is 2.13. The third-order valence-electron chi connectivity index (χ3n) is 3.17. The molecule has 0 fully saturated rings. The minimum atomic E-state index is -0.790. The highest BCUT2D eigenvalue weighted by molar-refractivity contribution is 5.85. The molecule has 116 valence electrons. The van der Waals surface area contributed by atoms with Crippen LogP contribution in [0.4, 0.5) is 0 Å². The normalized spacial score (nSPS) is 11.9. The molecule has 0 radical (unpaired) electrons. The standard InChI is InChI=1S/C16H18N2O4/c1-21-10-15(19)18-14(16(20)22-2)9-12-8-7-11-5-3-4-6-13(11)17-12/h3-8,14H,9-10H2,1-2H3,(H,18,19)/t14-/m0/s1. The number of carbonyl (C=O) groups excluding carboxylic acids is 2. The van der Waals surface area contributed by atoms with E-state index in [9.17, 15) is 9.59 Å². The largest absolute Gasteiger partial charge is 0.467 e. The van der Waals surface area contributed by atoms with Crippen LogP contribution in [0.3, 0.4) is 0 Å². The first kappa shape index (κ1) is 15.9. The summed E-state index contributed by atoms with van der Waals surface area (Å²) < 4.78 is 9.47. The van der Waals surface area contributed by atoms with E-state index in [4.69, 9.17) is 9.47 Å². The molecule has 1 amide bonds. The molecule has 1 aromatic carbocycles. The number of nitrogens with one attached hydrogen (secondary N) is 1. The van der Waals surface area contributed by atoms with E-state index in [-0.39, 0.29) is 18.9 Å². The van der Waals surface area contributed by atoms with E-state index in [2.05, 4.69) is 10.3 Å². The number of amides is 1. The highest BCUT2D eigenvalue weighted by Gasteiger charge is 2.22. The van der Waals surface area contributed by atoms with Crippen LogP contribution in [0.5, 0.6) is 0 Å². The molecule has 0 saturated carbocycles. The van der Waals surface area contributed by atoms with Gasteiger partial charge in [-0.25, -0.2) is 4.79 Å². The number of para-hydroxylation sites is 1. The number of hydrogen-bond donors (Lipinski definition) is 1. The molecular formula is C16H18N2O4. The molecule has 6 nitrogen and oxygen atoms in total. The molecule has 0 aliphatic heterocycles. The van der Waals surface area contributed by atoms with Gasteiger partial charge in [0.2, 0.25) is 5.91 Å². The van der Waals surface area contributed by atoms with Crippen LogP contribution in [0.2, 0.25) is 0 Å². The van der Waals surface area contributed by atoms with Crippen molar-refractivity contribution in [3.63, 3.8) is 0 Å². The van der Waals surface area contributed by atoms with Crippen molar-refractivity contribution >= 4 is 22.8 Å². The van der Waals surface area contributed by atoms with Gasteiger partial charge < -0.3 is 14.8 Å². The predicted octanol–water partition coefficient (Wildman–Crippen LogP) is 1.08. The van der Waals surface area contributed by atoms with Crippen molar-refractivity contribution in [3.8, 4) is 0 Å². The van der Waals surface area contributed by atoms with Crippen LogP contribution in [0.25, 0.3) is 10.9 Å². The lowest BCUT2D eigenvalue weighted by Gasteiger charge is -2.16. The lowest BCUT2D eigenvalue weighted by molar-refractivity contribution is -0.145. The molecule has 0 aliphatic rings. The van der Waals surface area contributed by atoms with E-state index in [0.717, 1.165) is 10.9 Å². The monoisotopic (exact) mass is 302 g/mol. The van der Waals surface area contributed by atoms with Crippen molar-refractivity contribution in [2.75, 3.05) is 20.8 Å². The summed E-state index contributed by atoms with van der Waals surface area (Å²) in [4.78, 5) is 27.9. The smallest absolute Gasteiger partial charge is 0.328 e. The maximum absolute atomic E-state index is 11.8. The quantitative estimate of drug-likeness (QED) is 0.808. The molecule has 22 heavy (non-hydrogen) atoms. The van der Waals surface area contributed by atoms with Crippen molar-refractivity contribution in [2.45, 2.75) is 12.5 Å². The average Bonchev–Trinajstić information content (AvgIpc) is 2.53. The number of ether oxygens (including phenoxy) is 2. The van der Waals surface area contributed by atoms with Crippen LogP contribution in [-0.2, 0) is 25.5 Å². The molecule has 0 bridgehead atoms. The van der Waals surface area contributed by atoms with E-state index in [1.165, 1.54) is 14.2 Å². The molecule has 1 heterocycles. The maximum Gasteiger partial charge on any atom is 0.328 e. The second-order valence-electron chi connectivity index (χ2n) is 4.78. The molecule has 1 aromatic heterocycles. The molecule has 2 aromatic rings. The summed E-state index contributed by atoms with van der Waals surface area (Å²) in [6.45, 7) is -0.112. The summed E-state index contributed by atoms with van der Waals surface area (Å²) in [5, 5.41) is 3.60. The van der Waals surface area contributed by atoms with Gasteiger partial charge in [0, 0.05) is 24.6 Å². The Balaban J connectivity index is 2.17. The molecular weight excluding hydrogens is 284 g/mol. The Hall–Kier alpha value is -2.47. The first-order valence-electron chi connectivity index (χ1n) is 6.85. The van der Waals surface area contributed by atoms with Crippen LogP contribution in [0, 0.1) is 0 Å². The zero-order valence-electron chi connectivity index (χ0n) is 12.5. The maximum atomic E-state index is 11.8. The van der Waals surface area contributed by atoms with Gasteiger partial charge in [-0.1, -0.05) is 24.3 Å². The summed E-state index contributed by atoms with van der Waals surface area (Å²) in [6, 6.07) is 10.7. The van der Waals surface area contributed by atoms with Crippen LogP contribution < -0.4 is 5.32 Å². The first-order chi connectivity index (χ1) is 10.6. The Morgan fingerprint density at radius 2 is 1.95 bits per heavy atom. The number of pyridine rings is 1. The van der Waals surface area contributed by atoms with Crippen LogP contribution in [-0.4, -0.2) is 43.7 Å². The number of fused-ring (bicyclic) bond motifs is 1. The molecule has 0 spiro atoms. The van der Waals surface area contributed by atoms with E-state index in [1.54, 1.807) is 0 Å². The SMILES string of the molecule is COCC(=O)N[C@@H](Cc1ccc2ccccc2n1)C(=O)OC. The number of benzene rings is 1. The molecule has 0 aliphatic carbocycles. The highest BCUT2D eigenvalue weighted by atomic mass is 16.5. The summed E-state index contributed by atoms with van der Waals surface area (Å²) in [5.74, 6) is -0.891. The summed E-state index contributed by atoms with van der Waals surface area (Å²) in [6.07, 6.45) is 0.257. The molecule has 1 atom stereocenters. The van der Waals surface area contributed by atoms with E-state index in [1.807, 2.05) is 36.4 Å². The highest BCUT2D eigenvalue weighted by Crippen LogP contribution is 2.13. The predicted molar refractivity (Wildman–Crippen MR) is 81.3 cm³/mol. The van der Waals surface area contributed by atoms with Crippen molar-refractivity contribution in [3.05, 3.63) is 42.1 Å². The lowest BCUT2D eigenvalue weighted by atomic mass is 10.1. The van der Waals surface area contributed by atoms with Gasteiger partial charge in [0.1, 0.15) is 12.6 Å². The van der Waals surface area contributed by atoms with Gasteiger partial charge in [0.15, 0.2) is 0 Å². The molecule has 0 unspecified atom stereocenters. The van der Waals surface area contributed by atoms with Gasteiger partial charge in [-0.2, -0.15) is 0 Å². The zero-order chi connectivity index (χ0) is 15.9. The fourth-order valence-electron chi connectivity index (χ4n) is 2.13. The van der Waals surface area contributed by atoms with E-state index < -0.39 is 12.0 Å². The van der Waals surface area contributed by atoms with Crippen molar-refractivity contribution in [1.82, 2.24) is 10.3 Å². The van der Waals surface area contributed by atoms with Crippen LogP contribution in [0.15, 0.2) is 36.4 Å². The molecule has 1 N–H and O–H groups in total. The Morgan fingerprint density at radius 3 is 2.68 bits per heavy atom. The fraction of sp³-hybridized carbons (Fsp3) is 0.312. The molecule has 2 rings (SSSR count). The topological polar surface area (TPSA) is 77.5 Å². The number of carbonyl (C=O) groups is 2. The number of nitrogens with zero attached hydrogens (tertiary/aromatic N) is 1. The lowest BCUT2D eigenvalue weighted by Crippen LogP contribution is -2.44. The van der Waals surface area contributed by atoms with Gasteiger partial charge in [-0.15, -0.1) is 0 Å². The number of esters is 1.